The van der Waals surface area contributed by atoms with Crippen LogP contribution in [0.15, 0.2) is 76.2 Å². The van der Waals surface area contributed by atoms with Gasteiger partial charge in [0.15, 0.2) is 0 Å². The first kappa shape index (κ1) is 24.2. The number of aryl methyl sites for hydroxylation is 1. The molecule has 0 unspecified atom stereocenters. The van der Waals surface area contributed by atoms with Gasteiger partial charge in [0.25, 0.3) is 0 Å². The first-order valence-corrected chi connectivity index (χ1v) is 13.1. The van der Waals surface area contributed by atoms with Gasteiger partial charge in [-0.05, 0) is 60.5 Å². The van der Waals surface area contributed by atoms with E-state index in [2.05, 4.69) is 14.8 Å². The summed E-state index contributed by atoms with van der Waals surface area (Å²) in [7, 11) is -7.16. The number of carbonyl (C=O) groups is 1. The van der Waals surface area contributed by atoms with Crippen LogP contribution in [0.4, 0.5) is 11.4 Å². The molecule has 0 aliphatic rings. The molecule has 0 atom stereocenters. The van der Waals surface area contributed by atoms with Crippen molar-refractivity contribution in [3.05, 3.63) is 83.8 Å². The monoisotopic (exact) mass is 489 g/mol. The van der Waals surface area contributed by atoms with Crippen molar-refractivity contribution >= 4 is 43.4 Å². The summed E-state index contributed by atoms with van der Waals surface area (Å²) in [5.74, 6) is 0.0675. The largest absolute Gasteiger partial charge is 0.468 e. The van der Waals surface area contributed by atoms with E-state index in [0.717, 1.165) is 6.26 Å². The van der Waals surface area contributed by atoms with E-state index in [0.29, 0.717) is 28.3 Å². The molecule has 11 heteroatoms. The summed E-state index contributed by atoms with van der Waals surface area (Å²) in [6.45, 7) is 1.78. The minimum Gasteiger partial charge on any atom is -0.468 e. The van der Waals surface area contributed by atoms with Gasteiger partial charge >= 0.3 is 0 Å². The number of amides is 1. The Kier molecular flexibility index (Phi) is 7.36. The average Bonchev–Trinajstić information content (AvgIpc) is 3.26. The van der Waals surface area contributed by atoms with Gasteiger partial charge in [0.2, 0.25) is 26.0 Å². The van der Waals surface area contributed by atoms with Crippen molar-refractivity contribution < 1.29 is 26.0 Å². The van der Waals surface area contributed by atoms with Crippen molar-refractivity contribution in [1.82, 2.24) is 4.72 Å². The molecule has 1 aromatic heterocycles. The van der Waals surface area contributed by atoms with Crippen molar-refractivity contribution in [3.63, 3.8) is 0 Å². The smallest absolute Gasteiger partial charge is 0.248 e. The number of nitrogens with one attached hydrogen (secondary N) is 3. The fourth-order valence-electron chi connectivity index (χ4n) is 2.79. The van der Waals surface area contributed by atoms with Crippen LogP contribution in [0, 0.1) is 6.92 Å². The third-order valence-electron chi connectivity index (χ3n) is 4.43. The first-order valence-electron chi connectivity index (χ1n) is 9.71. The maximum absolute atomic E-state index is 12.4. The Morgan fingerprint density at radius 2 is 1.76 bits per heavy atom. The molecule has 3 aromatic rings. The zero-order chi connectivity index (χ0) is 24.1. The minimum atomic E-state index is -3.71. The third-order valence-corrected chi connectivity index (χ3v) is 6.44. The van der Waals surface area contributed by atoms with Crippen LogP contribution in [0.2, 0.25) is 0 Å². The normalized spacial score (nSPS) is 12.1. The molecule has 3 N–H and O–H groups in total. The molecule has 1 amide bonds. The van der Waals surface area contributed by atoms with E-state index < -0.39 is 26.0 Å². The maximum Gasteiger partial charge on any atom is 0.248 e. The zero-order valence-corrected chi connectivity index (χ0v) is 19.5. The molecule has 9 nitrogen and oxygen atoms in total. The lowest BCUT2D eigenvalue weighted by Crippen LogP contribution is -2.22. The molecule has 0 fully saturated rings. The second-order valence-electron chi connectivity index (χ2n) is 7.20. The SMILES string of the molecule is Cc1ccc(NC(=O)/C=C/c2ccc(S(=O)(=O)NCc3ccco3)cc2)cc1NS(C)(=O)=O. The Morgan fingerprint density at radius 3 is 2.39 bits per heavy atom. The molecule has 0 aliphatic carbocycles. The Bertz CT molecular complexity index is 1360. The second-order valence-corrected chi connectivity index (χ2v) is 10.7. The summed E-state index contributed by atoms with van der Waals surface area (Å²) in [4.78, 5) is 12.3. The summed E-state index contributed by atoms with van der Waals surface area (Å²) in [5.41, 5.74) is 2.13. The molecule has 1 heterocycles. The molecule has 0 saturated heterocycles. The predicted octanol–water partition coefficient (Wildman–Crippen LogP) is 3.09. The zero-order valence-electron chi connectivity index (χ0n) is 17.9. The van der Waals surface area contributed by atoms with Crippen LogP contribution in [0.3, 0.4) is 0 Å². The standard InChI is InChI=1S/C22H23N3O6S2/c1-16-5-9-18(14-21(16)25-32(2,27)28)24-22(26)12-8-17-6-10-20(11-7-17)33(29,30)23-15-19-4-3-13-31-19/h3-14,23,25H,15H2,1-2H3,(H,24,26)/b12-8+. The van der Waals surface area contributed by atoms with Crippen LogP contribution >= 0.6 is 0 Å². The van der Waals surface area contributed by atoms with Crippen LogP contribution in [0.5, 0.6) is 0 Å². The highest BCUT2D eigenvalue weighted by atomic mass is 32.2. The second kappa shape index (κ2) is 10.0. The fourth-order valence-corrected chi connectivity index (χ4v) is 4.40. The molecule has 0 aliphatic heterocycles. The van der Waals surface area contributed by atoms with E-state index in [1.165, 1.54) is 36.6 Å². The summed E-state index contributed by atoms with van der Waals surface area (Å²) in [5, 5.41) is 2.66. The van der Waals surface area contributed by atoms with Crippen molar-refractivity contribution in [1.29, 1.82) is 0 Å². The molecule has 0 saturated carbocycles. The van der Waals surface area contributed by atoms with Gasteiger partial charge in [-0.2, -0.15) is 0 Å². The van der Waals surface area contributed by atoms with Crippen LogP contribution < -0.4 is 14.8 Å². The van der Waals surface area contributed by atoms with E-state index in [4.69, 9.17) is 4.42 Å². The van der Waals surface area contributed by atoms with E-state index in [1.807, 2.05) is 0 Å². The number of furan rings is 1. The van der Waals surface area contributed by atoms with Gasteiger partial charge in [-0.15, -0.1) is 0 Å². The van der Waals surface area contributed by atoms with Gasteiger partial charge in [-0.1, -0.05) is 18.2 Å². The van der Waals surface area contributed by atoms with Gasteiger partial charge in [0.1, 0.15) is 5.76 Å². The number of carbonyl (C=O) groups excluding carboxylic acids is 1. The molecular weight excluding hydrogens is 466 g/mol. The van der Waals surface area contributed by atoms with E-state index in [1.54, 1.807) is 43.3 Å². The number of sulfonamides is 2. The number of benzene rings is 2. The lowest BCUT2D eigenvalue weighted by Gasteiger charge is -2.10. The van der Waals surface area contributed by atoms with Gasteiger partial charge in [0.05, 0.1) is 29.6 Å². The van der Waals surface area contributed by atoms with Gasteiger partial charge in [-0.3, -0.25) is 9.52 Å². The highest BCUT2D eigenvalue weighted by Gasteiger charge is 2.14. The highest BCUT2D eigenvalue weighted by Crippen LogP contribution is 2.21. The van der Waals surface area contributed by atoms with Crippen LogP contribution in [0.25, 0.3) is 6.08 Å². The lowest BCUT2D eigenvalue weighted by molar-refractivity contribution is -0.111. The van der Waals surface area contributed by atoms with Crippen LogP contribution in [0.1, 0.15) is 16.9 Å². The predicted molar refractivity (Wildman–Crippen MR) is 126 cm³/mol. The lowest BCUT2D eigenvalue weighted by atomic mass is 10.2. The van der Waals surface area contributed by atoms with Crippen LogP contribution in [-0.4, -0.2) is 29.0 Å². The Balaban J connectivity index is 1.62. The van der Waals surface area contributed by atoms with Crippen molar-refractivity contribution in [2.75, 3.05) is 16.3 Å². The van der Waals surface area contributed by atoms with Gasteiger partial charge < -0.3 is 9.73 Å². The molecule has 174 valence electrons. The van der Waals surface area contributed by atoms with Crippen molar-refractivity contribution in [2.24, 2.45) is 0 Å². The maximum atomic E-state index is 12.4. The number of rotatable bonds is 9. The number of anilines is 2. The molecule has 0 spiro atoms. The molecule has 0 radical (unpaired) electrons. The quantitative estimate of drug-likeness (QED) is 0.396. The Morgan fingerprint density at radius 1 is 1.03 bits per heavy atom. The van der Waals surface area contributed by atoms with Gasteiger partial charge in [0, 0.05) is 11.8 Å². The van der Waals surface area contributed by atoms with Crippen molar-refractivity contribution in [2.45, 2.75) is 18.4 Å². The number of hydrogen-bond acceptors (Lipinski definition) is 6. The fraction of sp³-hybridized carbons (Fsp3) is 0.136. The highest BCUT2D eigenvalue weighted by molar-refractivity contribution is 7.92. The Hall–Kier alpha value is -3.41. The van der Waals surface area contributed by atoms with Crippen LogP contribution in [-0.2, 0) is 31.4 Å². The minimum absolute atomic E-state index is 0.0393. The first-order chi connectivity index (χ1) is 15.5. The third kappa shape index (κ3) is 7.31. The summed E-state index contributed by atoms with van der Waals surface area (Å²) < 4.78 is 57.6. The number of hydrogen-bond donors (Lipinski definition) is 3. The molecule has 3 rings (SSSR count). The summed E-state index contributed by atoms with van der Waals surface area (Å²) in [6.07, 6.45) is 5.34. The molecular formula is C22H23N3O6S2. The summed E-state index contributed by atoms with van der Waals surface area (Å²) >= 11 is 0. The van der Waals surface area contributed by atoms with Gasteiger partial charge in [-0.25, -0.2) is 21.6 Å². The van der Waals surface area contributed by atoms with E-state index >= 15 is 0 Å². The van der Waals surface area contributed by atoms with Crippen molar-refractivity contribution in [3.8, 4) is 0 Å². The van der Waals surface area contributed by atoms with E-state index in [-0.39, 0.29) is 11.4 Å². The molecule has 0 bridgehead atoms. The van der Waals surface area contributed by atoms with E-state index in [9.17, 15) is 21.6 Å². The molecule has 33 heavy (non-hydrogen) atoms. The molecule has 2 aromatic carbocycles. The average molecular weight is 490 g/mol. The summed E-state index contributed by atoms with van der Waals surface area (Å²) in [6, 6.07) is 14.2. The topological polar surface area (TPSA) is 135 Å². The Labute approximate surface area is 192 Å².